The number of para-hydroxylation sites is 1. The second-order valence-electron chi connectivity index (χ2n) is 9.08. The van der Waals surface area contributed by atoms with E-state index in [0.717, 1.165) is 46.5 Å². The summed E-state index contributed by atoms with van der Waals surface area (Å²) in [6.07, 6.45) is 2.42. The number of likely N-dealkylation sites (tertiary alicyclic amines) is 1. The van der Waals surface area contributed by atoms with E-state index >= 15 is 0 Å². The highest BCUT2D eigenvalue weighted by molar-refractivity contribution is 7.20. The summed E-state index contributed by atoms with van der Waals surface area (Å²) >= 11 is 1.52. The number of thiazole rings is 1. The van der Waals surface area contributed by atoms with Crippen LogP contribution < -0.4 is 18.9 Å². The van der Waals surface area contributed by atoms with E-state index in [-0.39, 0.29) is 24.2 Å². The number of nitrogens with zero attached hydrogens (tertiary/aromatic N) is 2. The number of piperidine rings is 1. The van der Waals surface area contributed by atoms with E-state index in [1.54, 1.807) is 7.11 Å². The van der Waals surface area contributed by atoms with Crippen molar-refractivity contribution < 1.29 is 23.7 Å². The summed E-state index contributed by atoms with van der Waals surface area (Å²) in [5.41, 5.74) is 1.78. The monoisotopic (exact) mass is 468 g/mol. The number of ether oxygens (including phenoxy) is 4. The first-order valence-electron chi connectivity index (χ1n) is 11.2. The average molecular weight is 469 g/mol. The molecule has 3 heterocycles. The first kappa shape index (κ1) is 21.8. The first-order chi connectivity index (χ1) is 15.9. The third-order valence-corrected chi connectivity index (χ3v) is 6.95. The summed E-state index contributed by atoms with van der Waals surface area (Å²) < 4.78 is 24.3. The lowest BCUT2D eigenvalue weighted by atomic mass is 10.0. The Morgan fingerprint density at radius 1 is 1.24 bits per heavy atom. The summed E-state index contributed by atoms with van der Waals surface area (Å²) in [4.78, 5) is 19.1. The zero-order valence-electron chi connectivity index (χ0n) is 19.1. The third-order valence-electron chi connectivity index (χ3n) is 6.04. The molecule has 5 rings (SSSR count). The number of hydrogen-bond donors (Lipinski definition) is 0. The molecule has 0 saturated carbocycles. The summed E-state index contributed by atoms with van der Waals surface area (Å²) in [7, 11) is 1.65. The van der Waals surface area contributed by atoms with Crippen LogP contribution in [0.2, 0.25) is 0 Å². The summed E-state index contributed by atoms with van der Waals surface area (Å²) in [5, 5.41) is 0.659. The average Bonchev–Trinajstić information content (AvgIpc) is 3.35. The maximum absolute atomic E-state index is 12.7. The van der Waals surface area contributed by atoms with Crippen molar-refractivity contribution in [2.75, 3.05) is 26.8 Å². The fourth-order valence-corrected chi connectivity index (χ4v) is 5.27. The molecule has 0 unspecified atom stereocenters. The molecule has 174 valence electrons. The minimum atomic E-state index is -0.247. The molecule has 8 heteroatoms. The molecule has 3 aromatic rings. The number of aromatic nitrogens is 1. The quantitative estimate of drug-likeness (QED) is 0.532. The Bertz CT molecular complexity index is 1170. The molecule has 2 aromatic carbocycles. The molecule has 0 atom stereocenters. The van der Waals surface area contributed by atoms with Crippen molar-refractivity contribution in [2.45, 2.75) is 44.8 Å². The van der Waals surface area contributed by atoms with Gasteiger partial charge in [-0.25, -0.2) is 4.98 Å². The van der Waals surface area contributed by atoms with Crippen LogP contribution in [0.4, 0.5) is 0 Å². The van der Waals surface area contributed by atoms with Crippen molar-refractivity contribution in [2.24, 2.45) is 0 Å². The smallest absolute Gasteiger partial charge is 0.274 e. The number of carbonyl (C=O) groups excluding carboxylic acids is 1. The van der Waals surface area contributed by atoms with Gasteiger partial charge in [0.2, 0.25) is 0 Å². The van der Waals surface area contributed by atoms with Crippen LogP contribution >= 0.6 is 11.3 Å². The molecule has 7 nitrogen and oxygen atoms in total. The Balaban J connectivity index is 1.13. The topological polar surface area (TPSA) is 70.1 Å². The second-order valence-corrected chi connectivity index (χ2v) is 10.1. The third kappa shape index (κ3) is 4.71. The van der Waals surface area contributed by atoms with Crippen LogP contribution in [-0.2, 0) is 11.2 Å². The number of carbonyl (C=O) groups is 1. The fourth-order valence-electron chi connectivity index (χ4n) is 4.36. The zero-order chi connectivity index (χ0) is 23.0. The van der Waals surface area contributed by atoms with Gasteiger partial charge in [-0.15, -0.1) is 0 Å². The molecule has 2 aliphatic heterocycles. The number of fused-ring (bicyclic) bond motifs is 2. The Morgan fingerprint density at radius 2 is 2.06 bits per heavy atom. The lowest BCUT2D eigenvalue weighted by Gasteiger charge is -2.31. The Kier molecular flexibility index (Phi) is 5.78. The first-order valence-corrected chi connectivity index (χ1v) is 12.0. The predicted molar refractivity (Wildman–Crippen MR) is 127 cm³/mol. The molecule has 33 heavy (non-hydrogen) atoms. The molecule has 0 bridgehead atoms. The van der Waals surface area contributed by atoms with Crippen LogP contribution in [0.1, 0.15) is 32.3 Å². The van der Waals surface area contributed by atoms with Gasteiger partial charge in [-0.2, -0.15) is 0 Å². The highest BCUT2D eigenvalue weighted by Crippen LogP contribution is 2.41. The van der Waals surface area contributed by atoms with E-state index in [0.29, 0.717) is 24.0 Å². The molecule has 2 aliphatic rings. The van der Waals surface area contributed by atoms with Crippen LogP contribution in [0, 0.1) is 0 Å². The summed E-state index contributed by atoms with van der Waals surface area (Å²) in [6.45, 7) is 5.40. The zero-order valence-corrected chi connectivity index (χ0v) is 19.9. The van der Waals surface area contributed by atoms with Crippen LogP contribution in [0.25, 0.3) is 10.2 Å². The predicted octanol–water partition coefficient (Wildman–Crippen LogP) is 4.47. The van der Waals surface area contributed by atoms with Gasteiger partial charge in [-0.3, -0.25) is 4.79 Å². The van der Waals surface area contributed by atoms with E-state index in [9.17, 15) is 4.79 Å². The van der Waals surface area contributed by atoms with Crippen LogP contribution in [0.15, 0.2) is 36.4 Å². The molecule has 0 radical (unpaired) electrons. The number of amides is 1. The highest BCUT2D eigenvalue weighted by Gasteiger charge is 2.32. The van der Waals surface area contributed by atoms with E-state index < -0.39 is 0 Å². The highest BCUT2D eigenvalue weighted by atomic mass is 32.1. The second kappa shape index (κ2) is 8.74. The van der Waals surface area contributed by atoms with Crippen LogP contribution in [-0.4, -0.2) is 54.3 Å². The Labute approximate surface area is 197 Å². The van der Waals surface area contributed by atoms with Gasteiger partial charge < -0.3 is 23.8 Å². The molecule has 1 saturated heterocycles. The molecule has 1 amide bonds. The largest absolute Gasteiger partial charge is 0.497 e. The van der Waals surface area contributed by atoms with Gasteiger partial charge in [0.1, 0.15) is 17.5 Å². The number of rotatable bonds is 6. The maximum Gasteiger partial charge on any atom is 0.274 e. The van der Waals surface area contributed by atoms with Crippen molar-refractivity contribution in [1.29, 1.82) is 0 Å². The van der Waals surface area contributed by atoms with Crippen LogP contribution in [0.5, 0.6) is 22.4 Å². The van der Waals surface area contributed by atoms with Crippen molar-refractivity contribution in [3.63, 3.8) is 0 Å². The van der Waals surface area contributed by atoms with Crippen molar-refractivity contribution in [3.05, 3.63) is 42.0 Å². The van der Waals surface area contributed by atoms with E-state index in [1.807, 2.05) is 41.3 Å². The van der Waals surface area contributed by atoms with Gasteiger partial charge in [-0.1, -0.05) is 23.5 Å². The number of methoxy groups -OCH3 is 1. The van der Waals surface area contributed by atoms with Crippen molar-refractivity contribution in [1.82, 2.24) is 9.88 Å². The van der Waals surface area contributed by atoms with Crippen molar-refractivity contribution >= 4 is 27.5 Å². The van der Waals surface area contributed by atoms with Crippen LogP contribution in [0.3, 0.4) is 0 Å². The van der Waals surface area contributed by atoms with Gasteiger partial charge in [0.25, 0.3) is 11.1 Å². The lowest BCUT2D eigenvalue weighted by Crippen LogP contribution is -2.43. The SMILES string of the molecule is COc1ccc2nc(OC3CCN(C(=O)COc4cccc5c4OC(C)(C)C5)CC3)sc2c1. The van der Waals surface area contributed by atoms with Gasteiger partial charge in [0, 0.05) is 37.9 Å². The minimum Gasteiger partial charge on any atom is -0.497 e. The normalized spacial score (nSPS) is 17.5. The van der Waals surface area contributed by atoms with Gasteiger partial charge in [0.15, 0.2) is 18.1 Å². The number of hydrogen-bond acceptors (Lipinski definition) is 7. The minimum absolute atomic E-state index is 0.00542. The van der Waals surface area contributed by atoms with Gasteiger partial charge >= 0.3 is 0 Å². The molecule has 0 N–H and O–H groups in total. The van der Waals surface area contributed by atoms with Gasteiger partial charge in [-0.05, 0) is 38.1 Å². The van der Waals surface area contributed by atoms with E-state index in [4.69, 9.17) is 18.9 Å². The summed E-state index contributed by atoms with van der Waals surface area (Å²) in [6, 6.07) is 11.7. The fraction of sp³-hybridized carbons (Fsp3) is 0.440. The standard InChI is InChI=1S/C25H28N2O5S/c1-25(2)14-16-5-4-6-20(23(16)32-25)30-15-22(28)27-11-9-17(10-12-27)31-24-26-19-8-7-18(29-3)13-21(19)33-24/h4-8,13,17H,9-12,14-15H2,1-3H3. The summed E-state index contributed by atoms with van der Waals surface area (Å²) in [5.74, 6) is 2.19. The number of benzene rings is 2. The van der Waals surface area contributed by atoms with Crippen molar-refractivity contribution in [3.8, 4) is 22.4 Å². The lowest BCUT2D eigenvalue weighted by molar-refractivity contribution is -0.135. The van der Waals surface area contributed by atoms with E-state index in [1.165, 1.54) is 11.3 Å². The molecule has 1 fully saturated rings. The molecule has 0 spiro atoms. The molecular weight excluding hydrogens is 440 g/mol. The van der Waals surface area contributed by atoms with Gasteiger partial charge in [0.05, 0.1) is 17.3 Å². The molecular formula is C25H28N2O5S. The van der Waals surface area contributed by atoms with E-state index in [2.05, 4.69) is 18.8 Å². The Hall–Kier alpha value is -3.00. The molecule has 0 aliphatic carbocycles. The maximum atomic E-state index is 12.7. The Morgan fingerprint density at radius 3 is 2.85 bits per heavy atom. The molecule has 1 aromatic heterocycles.